The minimum Gasteiger partial charge on any atom is -0.383 e. The SMILES string of the molecule is COCCNC(=O)C(C)Nc1cccc(Br)c1. The Balaban J connectivity index is 2.43. The van der Waals surface area contributed by atoms with Gasteiger partial charge >= 0.3 is 0 Å². The summed E-state index contributed by atoms with van der Waals surface area (Å²) >= 11 is 3.38. The van der Waals surface area contributed by atoms with Gasteiger partial charge in [-0.25, -0.2) is 0 Å². The molecule has 94 valence electrons. The number of nitrogens with one attached hydrogen (secondary N) is 2. The molecule has 17 heavy (non-hydrogen) atoms. The van der Waals surface area contributed by atoms with E-state index < -0.39 is 0 Å². The van der Waals surface area contributed by atoms with E-state index in [-0.39, 0.29) is 11.9 Å². The predicted molar refractivity (Wildman–Crippen MR) is 72.1 cm³/mol. The van der Waals surface area contributed by atoms with Gasteiger partial charge in [-0.15, -0.1) is 0 Å². The standard InChI is InChI=1S/C12H17BrN2O2/c1-9(12(16)14-6-7-17-2)15-11-5-3-4-10(13)8-11/h3-5,8-9,15H,6-7H2,1-2H3,(H,14,16). The van der Waals surface area contributed by atoms with E-state index in [4.69, 9.17) is 4.74 Å². The number of benzene rings is 1. The Kier molecular flexibility index (Phi) is 6.00. The molecule has 0 fully saturated rings. The summed E-state index contributed by atoms with van der Waals surface area (Å²) in [7, 11) is 1.61. The van der Waals surface area contributed by atoms with Crippen LogP contribution in [0.4, 0.5) is 5.69 Å². The number of hydrogen-bond acceptors (Lipinski definition) is 3. The van der Waals surface area contributed by atoms with E-state index in [9.17, 15) is 4.79 Å². The molecule has 2 N–H and O–H groups in total. The summed E-state index contributed by atoms with van der Waals surface area (Å²) in [4.78, 5) is 11.7. The Morgan fingerprint density at radius 1 is 1.53 bits per heavy atom. The van der Waals surface area contributed by atoms with Crippen molar-refractivity contribution >= 4 is 27.5 Å². The van der Waals surface area contributed by atoms with Gasteiger partial charge in [-0.05, 0) is 25.1 Å². The molecule has 1 aromatic rings. The van der Waals surface area contributed by atoms with Crippen LogP contribution in [0.2, 0.25) is 0 Å². The quantitative estimate of drug-likeness (QED) is 0.790. The van der Waals surface area contributed by atoms with Crippen LogP contribution in [0.15, 0.2) is 28.7 Å². The van der Waals surface area contributed by atoms with Crippen LogP contribution >= 0.6 is 15.9 Å². The summed E-state index contributed by atoms with van der Waals surface area (Å²) in [5.74, 6) is -0.0398. The number of ether oxygens (including phenoxy) is 1. The maximum atomic E-state index is 11.7. The van der Waals surface area contributed by atoms with Crippen LogP contribution in [0.1, 0.15) is 6.92 Å². The maximum absolute atomic E-state index is 11.7. The van der Waals surface area contributed by atoms with Gasteiger partial charge < -0.3 is 15.4 Å². The molecule has 1 atom stereocenters. The van der Waals surface area contributed by atoms with Gasteiger partial charge in [0.2, 0.25) is 5.91 Å². The van der Waals surface area contributed by atoms with E-state index >= 15 is 0 Å². The van der Waals surface area contributed by atoms with Crippen molar-refractivity contribution in [1.29, 1.82) is 0 Å². The predicted octanol–water partition coefficient (Wildman–Crippen LogP) is 2.01. The highest BCUT2D eigenvalue weighted by atomic mass is 79.9. The second-order valence-electron chi connectivity index (χ2n) is 3.66. The van der Waals surface area contributed by atoms with Gasteiger partial charge in [0.15, 0.2) is 0 Å². The van der Waals surface area contributed by atoms with Crippen LogP contribution in [-0.4, -0.2) is 32.2 Å². The van der Waals surface area contributed by atoms with Crippen molar-refractivity contribution in [3.63, 3.8) is 0 Å². The molecule has 1 amide bonds. The first kappa shape index (κ1) is 14.0. The van der Waals surface area contributed by atoms with Gasteiger partial charge in [-0.2, -0.15) is 0 Å². The third kappa shape index (κ3) is 5.19. The molecule has 0 spiro atoms. The molecule has 0 saturated carbocycles. The van der Waals surface area contributed by atoms with Crippen molar-refractivity contribution in [2.45, 2.75) is 13.0 Å². The van der Waals surface area contributed by atoms with Crippen molar-refractivity contribution in [2.75, 3.05) is 25.6 Å². The Bertz CT molecular complexity index is 371. The molecular weight excluding hydrogens is 284 g/mol. The monoisotopic (exact) mass is 300 g/mol. The third-order valence-electron chi connectivity index (χ3n) is 2.21. The topological polar surface area (TPSA) is 50.4 Å². The molecule has 1 aromatic carbocycles. The molecule has 0 heterocycles. The first-order valence-electron chi connectivity index (χ1n) is 5.42. The van der Waals surface area contributed by atoms with E-state index in [1.54, 1.807) is 7.11 Å². The minimum absolute atomic E-state index is 0.0398. The average Bonchev–Trinajstić information content (AvgIpc) is 2.29. The Hall–Kier alpha value is -1.07. The molecule has 5 heteroatoms. The normalized spacial score (nSPS) is 11.9. The molecule has 0 radical (unpaired) electrons. The van der Waals surface area contributed by atoms with Gasteiger partial charge in [0.05, 0.1) is 6.61 Å². The second kappa shape index (κ2) is 7.29. The molecule has 4 nitrogen and oxygen atoms in total. The van der Waals surface area contributed by atoms with Gasteiger partial charge in [-0.3, -0.25) is 4.79 Å². The van der Waals surface area contributed by atoms with Crippen LogP contribution in [0.5, 0.6) is 0 Å². The Morgan fingerprint density at radius 3 is 2.94 bits per heavy atom. The minimum atomic E-state index is -0.277. The smallest absolute Gasteiger partial charge is 0.242 e. The van der Waals surface area contributed by atoms with E-state index in [0.29, 0.717) is 13.2 Å². The van der Waals surface area contributed by atoms with Crippen LogP contribution < -0.4 is 10.6 Å². The third-order valence-corrected chi connectivity index (χ3v) is 2.70. The highest BCUT2D eigenvalue weighted by Gasteiger charge is 2.11. The van der Waals surface area contributed by atoms with E-state index in [1.807, 2.05) is 31.2 Å². The summed E-state index contributed by atoms with van der Waals surface area (Å²) in [6.07, 6.45) is 0. The number of halogens is 1. The number of methoxy groups -OCH3 is 1. The zero-order valence-electron chi connectivity index (χ0n) is 10.00. The highest BCUT2D eigenvalue weighted by molar-refractivity contribution is 9.10. The number of anilines is 1. The lowest BCUT2D eigenvalue weighted by Crippen LogP contribution is -2.39. The first-order chi connectivity index (χ1) is 8.13. The van der Waals surface area contributed by atoms with Crippen molar-refractivity contribution < 1.29 is 9.53 Å². The van der Waals surface area contributed by atoms with Crippen LogP contribution in [0, 0.1) is 0 Å². The summed E-state index contributed by atoms with van der Waals surface area (Å²) < 4.78 is 5.85. The fraction of sp³-hybridized carbons (Fsp3) is 0.417. The first-order valence-corrected chi connectivity index (χ1v) is 6.21. The van der Waals surface area contributed by atoms with Crippen molar-refractivity contribution in [3.8, 4) is 0 Å². The van der Waals surface area contributed by atoms with Crippen LogP contribution in [-0.2, 0) is 9.53 Å². The molecule has 0 saturated heterocycles. The molecule has 0 bridgehead atoms. The summed E-state index contributed by atoms with van der Waals surface area (Å²) in [5.41, 5.74) is 0.911. The Morgan fingerprint density at radius 2 is 2.29 bits per heavy atom. The van der Waals surface area contributed by atoms with E-state index in [2.05, 4.69) is 26.6 Å². The molecule has 1 unspecified atom stereocenters. The molecule has 0 aliphatic rings. The second-order valence-corrected chi connectivity index (χ2v) is 4.58. The molecular formula is C12H17BrN2O2. The van der Waals surface area contributed by atoms with Crippen molar-refractivity contribution in [2.24, 2.45) is 0 Å². The summed E-state index contributed by atoms with van der Waals surface area (Å²) in [6, 6.07) is 7.43. The van der Waals surface area contributed by atoms with Crippen molar-refractivity contribution in [1.82, 2.24) is 5.32 Å². The molecule has 0 aliphatic carbocycles. The van der Waals surface area contributed by atoms with Crippen molar-refractivity contribution in [3.05, 3.63) is 28.7 Å². The molecule has 1 rings (SSSR count). The lowest BCUT2D eigenvalue weighted by molar-refractivity contribution is -0.121. The zero-order valence-corrected chi connectivity index (χ0v) is 11.6. The van der Waals surface area contributed by atoms with Gasteiger partial charge in [-0.1, -0.05) is 22.0 Å². The summed E-state index contributed by atoms with van der Waals surface area (Å²) in [6.45, 7) is 2.87. The molecule has 0 aromatic heterocycles. The number of carbonyl (C=O) groups is 1. The van der Waals surface area contributed by atoms with Crippen LogP contribution in [0.3, 0.4) is 0 Å². The lowest BCUT2D eigenvalue weighted by atomic mass is 10.2. The fourth-order valence-electron chi connectivity index (χ4n) is 1.32. The largest absolute Gasteiger partial charge is 0.383 e. The van der Waals surface area contributed by atoms with Gasteiger partial charge in [0.25, 0.3) is 0 Å². The van der Waals surface area contributed by atoms with Gasteiger partial charge in [0.1, 0.15) is 6.04 Å². The highest BCUT2D eigenvalue weighted by Crippen LogP contribution is 2.16. The number of rotatable bonds is 6. The van der Waals surface area contributed by atoms with Crippen LogP contribution in [0.25, 0.3) is 0 Å². The van der Waals surface area contributed by atoms with E-state index in [1.165, 1.54) is 0 Å². The van der Waals surface area contributed by atoms with E-state index in [0.717, 1.165) is 10.2 Å². The molecule has 0 aliphatic heterocycles. The number of hydrogen-bond donors (Lipinski definition) is 2. The number of amides is 1. The number of carbonyl (C=O) groups excluding carboxylic acids is 1. The Labute approximate surface area is 110 Å². The average molecular weight is 301 g/mol. The maximum Gasteiger partial charge on any atom is 0.242 e. The lowest BCUT2D eigenvalue weighted by Gasteiger charge is -2.15. The summed E-state index contributed by atoms with van der Waals surface area (Å²) in [5, 5.41) is 5.91. The zero-order chi connectivity index (χ0) is 12.7. The fourth-order valence-corrected chi connectivity index (χ4v) is 1.72. The van der Waals surface area contributed by atoms with Gasteiger partial charge in [0, 0.05) is 23.8 Å².